The molecule has 0 saturated heterocycles. The number of halogens is 1. The van der Waals surface area contributed by atoms with Crippen LogP contribution in [0.3, 0.4) is 0 Å². The molecule has 29 heavy (non-hydrogen) atoms. The maximum atomic E-state index is 13.3. The third kappa shape index (κ3) is 4.11. The quantitative estimate of drug-likeness (QED) is 0.492. The highest BCUT2D eigenvalue weighted by Crippen LogP contribution is 2.24. The molecule has 0 radical (unpaired) electrons. The van der Waals surface area contributed by atoms with Crippen molar-refractivity contribution in [1.82, 2.24) is 9.78 Å². The van der Waals surface area contributed by atoms with Crippen LogP contribution in [0, 0.1) is 5.82 Å². The Morgan fingerprint density at radius 1 is 0.966 bits per heavy atom. The lowest BCUT2D eigenvalue weighted by atomic mass is 10.1. The van der Waals surface area contributed by atoms with Crippen LogP contribution in [0.15, 0.2) is 90.1 Å². The van der Waals surface area contributed by atoms with Crippen LogP contribution < -0.4 is 5.11 Å². The van der Waals surface area contributed by atoms with E-state index in [1.54, 1.807) is 35.2 Å². The van der Waals surface area contributed by atoms with Gasteiger partial charge in [-0.15, -0.1) is 0 Å². The fourth-order valence-electron chi connectivity index (χ4n) is 2.85. The van der Waals surface area contributed by atoms with E-state index in [-0.39, 0.29) is 11.4 Å². The first-order valence-electron chi connectivity index (χ1n) is 8.87. The second-order valence-corrected chi connectivity index (χ2v) is 6.31. The van der Waals surface area contributed by atoms with Gasteiger partial charge in [0.2, 0.25) is 0 Å². The van der Waals surface area contributed by atoms with Gasteiger partial charge in [0.1, 0.15) is 11.5 Å². The van der Waals surface area contributed by atoms with Crippen LogP contribution in [0.2, 0.25) is 0 Å². The second-order valence-electron chi connectivity index (χ2n) is 6.31. The molecule has 0 fully saturated rings. The minimum absolute atomic E-state index is 0.0906. The Morgan fingerprint density at radius 3 is 2.31 bits per heavy atom. The molecule has 0 atom stereocenters. The molecule has 3 aromatic carbocycles. The van der Waals surface area contributed by atoms with Crippen LogP contribution in [0.4, 0.5) is 10.1 Å². The molecule has 0 aliphatic rings. The van der Waals surface area contributed by atoms with Crippen LogP contribution in [0.25, 0.3) is 16.9 Å². The number of carboxylic acids is 1. The molecule has 1 aromatic heterocycles. The molecule has 0 spiro atoms. The van der Waals surface area contributed by atoms with E-state index in [0.717, 1.165) is 16.8 Å². The average molecular weight is 384 g/mol. The monoisotopic (exact) mass is 384 g/mol. The smallest absolute Gasteiger partial charge is 0.123 e. The molecular formula is C23H15FN3O2-. The van der Waals surface area contributed by atoms with Gasteiger partial charge in [0.15, 0.2) is 0 Å². The van der Waals surface area contributed by atoms with Crippen LogP contribution >= 0.6 is 0 Å². The van der Waals surface area contributed by atoms with E-state index in [9.17, 15) is 14.3 Å². The third-order valence-electron chi connectivity index (χ3n) is 4.34. The summed E-state index contributed by atoms with van der Waals surface area (Å²) in [5.74, 6) is -1.55. The van der Waals surface area contributed by atoms with Gasteiger partial charge < -0.3 is 9.90 Å². The van der Waals surface area contributed by atoms with E-state index < -0.39 is 5.97 Å². The summed E-state index contributed by atoms with van der Waals surface area (Å²) in [6.07, 6.45) is 3.49. The van der Waals surface area contributed by atoms with Crippen molar-refractivity contribution in [2.75, 3.05) is 0 Å². The Labute approximate surface area is 166 Å². The molecule has 6 heteroatoms. The Bertz CT molecular complexity index is 1170. The number of aromatic carboxylic acids is 1. The Morgan fingerprint density at radius 2 is 1.66 bits per heavy atom. The Kier molecular flexibility index (Phi) is 4.99. The minimum atomic E-state index is -1.23. The highest BCUT2D eigenvalue weighted by atomic mass is 19.1. The van der Waals surface area contributed by atoms with Crippen LogP contribution in [0.5, 0.6) is 0 Å². The SMILES string of the molecule is O=C([O-])c1ccc(N=Cc2cn(-c3ccccc3)nc2-c2ccc(F)cc2)cc1. The van der Waals surface area contributed by atoms with Gasteiger partial charge in [-0.1, -0.05) is 30.3 Å². The summed E-state index contributed by atoms with van der Waals surface area (Å²) in [6, 6.07) is 21.8. The van der Waals surface area contributed by atoms with Crippen LogP contribution in [-0.4, -0.2) is 22.0 Å². The van der Waals surface area contributed by atoms with Gasteiger partial charge in [0.05, 0.1) is 17.3 Å². The van der Waals surface area contributed by atoms with E-state index in [2.05, 4.69) is 10.1 Å². The minimum Gasteiger partial charge on any atom is -0.545 e. The van der Waals surface area contributed by atoms with Gasteiger partial charge in [-0.3, -0.25) is 4.99 Å². The van der Waals surface area contributed by atoms with E-state index in [0.29, 0.717) is 11.4 Å². The number of aliphatic imine (C=N–C) groups is 1. The first-order chi connectivity index (χ1) is 14.1. The molecule has 4 aromatic rings. The van der Waals surface area contributed by atoms with Crippen molar-refractivity contribution in [3.8, 4) is 16.9 Å². The van der Waals surface area contributed by atoms with Gasteiger partial charge in [0, 0.05) is 23.5 Å². The van der Waals surface area contributed by atoms with Gasteiger partial charge in [0.25, 0.3) is 0 Å². The highest BCUT2D eigenvalue weighted by Gasteiger charge is 2.11. The fourth-order valence-corrected chi connectivity index (χ4v) is 2.85. The molecule has 0 unspecified atom stereocenters. The number of rotatable bonds is 5. The van der Waals surface area contributed by atoms with Gasteiger partial charge in [-0.25, -0.2) is 9.07 Å². The number of aromatic nitrogens is 2. The zero-order valence-corrected chi connectivity index (χ0v) is 15.2. The van der Waals surface area contributed by atoms with Crippen molar-refractivity contribution in [3.05, 3.63) is 102 Å². The molecule has 0 bridgehead atoms. The second kappa shape index (κ2) is 7.90. The molecule has 0 saturated carbocycles. The van der Waals surface area contributed by atoms with Gasteiger partial charge >= 0.3 is 0 Å². The van der Waals surface area contributed by atoms with Crippen LogP contribution in [0.1, 0.15) is 15.9 Å². The first-order valence-corrected chi connectivity index (χ1v) is 8.87. The topological polar surface area (TPSA) is 70.3 Å². The number of hydrogen-bond donors (Lipinski definition) is 0. The summed E-state index contributed by atoms with van der Waals surface area (Å²) in [4.78, 5) is 15.3. The molecule has 0 aliphatic carbocycles. The summed E-state index contributed by atoms with van der Waals surface area (Å²) < 4.78 is 15.1. The van der Waals surface area contributed by atoms with E-state index in [1.807, 2.05) is 36.5 Å². The number of hydrogen-bond acceptors (Lipinski definition) is 4. The molecule has 142 valence electrons. The zero-order valence-electron chi connectivity index (χ0n) is 15.2. The Hall–Kier alpha value is -4.06. The lowest BCUT2D eigenvalue weighted by Crippen LogP contribution is -2.21. The van der Waals surface area contributed by atoms with Crippen molar-refractivity contribution >= 4 is 17.9 Å². The summed E-state index contributed by atoms with van der Waals surface area (Å²) in [6.45, 7) is 0. The molecule has 1 heterocycles. The standard InChI is InChI=1S/C23H16FN3O2/c24-19-10-6-16(7-11-19)22-18(15-27(26-22)21-4-2-1-3-5-21)14-25-20-12-8-17(9-13-20)23(28)29/h1-15H,(H,28,29)/p-1. The average Bonchev–Trinajstić information content (AvgIpc) is 3.18. The number of carbonyl (C=O) groups is 1. The van der Waals surface area contributed by atoms with Crippen molar-refractivity contribution in [2.24, 2.45) is 4.99 Å². The van der Waals surface area contributed by atoms with E-state index in [4.69, 9.17) is 0 Å². The molecule has 5 nitrogen and oxygen atoms in total. The lowest BCUT2D eigenvalue weighted by molar-refractivity contribution is -0.255. The molecule has 4 rings (SSSR count). The van der Waals surface area contributed by atoms with Crippen LogP contribution in [-0.2, 0) is 0 Å². The van der Waals surface area contributed by atoms with E-state index in [1.165, 1.54) is 24.3 Å². The predicted octanol–water partition coefficient (Wildman–Crippen LogP) is 3.79. The summed E-state index contributed by atoms with van der Waals surface area (Å²) in [7, 11) is 0. The number of carboxylic acid groups (broad SMARTS) is 1. The maximum absolute atomic E-state index is 13.3. The summed E-state index contributed by atoms with van der Waals surface area (Å²) >= 11 is 0. The summed E-state index contributed by atoms with van der Waals surface area (Å²) in [5.41, 5.74) is 3.72. The van der Waals surface area contributed by atoms with Gasteiger partial charge in [-0.2, -0.15) is 5.10 Å². The van der Waals surface area contributed by atoms with E-state index >= 15 is 0 Å². The fraction of sp³-hybridized carbons (Fsp3) is 0. The third-order valence-corrected chi connectivity index (χ3v) is 4.34. The number of nitrogens with zero attached hydrogens (tertiary/aromatic N) is 3. The van der Waals surface area contributed by atoms with Crippen molar-refractivity contribution in [1.29, 1.82) is 0 Å². The van der Waals surface area contributed by atoms with Crippen molar-refractivity contribution < 1.29 is 14.3 Å². The lowest BCUT2D eigenvalue weighted by Gasteiger charge is -2.01. The molecule has 0 aliphatic heterocycles. The van der Waals surface area contributed by atoms with Gasteiger partial charge in [-0.05, 0) is 54.1 Å². The predicted molar refractivity (Wildman–Crippen MR) is 107 cm³/mol. The highest BCUT2D eigenvalue weighted by molar-refractivity contribution is 5.90. The first kappa shape index (κ1) is 18.3. The normalized spacial score (nSPS) is 11.1. The van der Waals surface area contributed by atoms with Crippen molar-refractivity contribution in [2.45, 2.75) is 0 Å². The largest absolute Gasteiger partial charge is 0.545 e. The number of benzene rings is 3. The van der Waals surface area contributed by atoms with Crippen molar-refractivity contribution in [3.63, 3.8) is 0 Å². The zero-order chi connectivity index (χ0) is 20.2. The summed E-state index contributed by atoms with van der Waals surface area (Å²) in [5, 5.41) is 15.5. The maximum Gasteiger partial charge on any atom is 0.123 e. The molecule has 0 N–H and O–H groups in total. The number of para-hydroxylation sites is 1. The molecular weight excluding hydrogens is 369 g/mol. The number of carbonyl (C=O) groups excluding carboxylic acids is 1. The molecule has 0 amide bonds. The Balaban J connectivity index is 1.73.